The van der Waals surface area contributed by atoms with Gasteiger partial charge in [-0.2, -0.15) is 0 Å². The SMILES string of the molecule is CCCC[N+](CCCC)=C1C=CC(=C2C(=O)C(c3ccc(N(CC)CCCCCCOC(=O)c4ccc(-c5nc(C(Cl)(Cl)Cl)nc(C(Cl)(Cl)Cl)n5)cc4)cc3)=C2[O-])C=C1. The lowest BCUT2D eigenvalue weighted by atomic mass is 9.80. The summed E-state index contributed by atoms with van der Waals surface area (Å²) in [6.45, 7) is 10.4. The number of carbonyl (C=O) groups is 2. The maximum atomic E-state index is 13.3. The van der Waals surface area contributed by atoms with Crippen molar-refractivity contribution in [3.05, 3.63) is 113 Å². The first-order chi connectivity index (χ1) is 28.2. The van der Waals surface area contributed by atoms with Crippen molar-refractivity contribution in [2.75, 3.05) is 37.7 Å². The number of rotatable bonds is 18. The van der Waals surface area contributed by atoms with Crippen LogP contribution < -0.4 is 10.0 Å². The predicted molar refractivity (Wildman–Crippen MR) is 239 cm³/mol. The van der Waals surface area contributed by atoms with Gasteiger partial charge in [-0.05, 0) is 73.7 Å². The molecule has 59 heavy (non-hydrogen) atoms. The minimum Gasteiger partial charge on any atom is -0.871 e. The summed E-state index contributed by atoms with van der Waals surface area (Å²) in [6.07, 6.45) is 15.9. The van der Waals surface area contributed by atoms with E-state index in [1.807, 2.05) is 48.6 Å². The van der Waals surface area contributed by atoms with Crippen molar-refractivity contribution in [3.8, 4) is 11.4 Å². The molecule has 0 unspecified atom stereocenters. The van der Waals surface area contributed by atoms with Crippen LogP contribution in [0.5, 0.6) is 0 Å². The van der Waals surface area contributed by atoms with Crippen LogP contribution >= 0.6 is 69.6 Å². The number of aromatic nitrogens is 3. The third kappa shape index (κ3) is 12.3. The quantitative estimate of drug-likeness (QED) is 0.0408. The molecule has 9 nitrogen and oxygen atoms in total. The summed E-state index contributed by atoms with van der Waals surface area (Å²) >= 11 is 35.8. The largest absolute Gasteiger partial charge is 0.871 e. The van der Waals surface area contributed by atoms with E-state index in [9.17, 15) is 14.7 Å². The summed E-state index contributed by atoms with van der Waals surface area (Å²) in [7, 11) is 0. The summed E-state index contributed by atoms with van der Waals surface area (Å²) in [5, 5.41) is 13.3. The second-order valence-electron chi connectivity index (χ2n) is 14.2. The summed E-state index contributed by atoms with van der Waals surface area (Å²) in [5.41, 5.74) is 4.80. The minimum atomic E-state index is -1.99. The zero-order chi connectivity index (χ0) is 42.7. The molecule has 2 aliphatic rings. The van der Waals surface area contributed by atoms with Crippen LogP contribution in [0.4, 0.5) is 5.69 Å². The number of hydrogen-bond acceptors (Lipinski definition) is 8. The Morgan fingerprint density at radius 2 is 1.27 bits per heavy atom. The minimum absolute atomic E-state index is 0.0962. The van der Waals surface area contributed by atoms with Crippen molar-refractivity contribution in [2.45, 2.75) is 79.7 Å². The molecule has 15 heteroatoms. The normalized spacial score (nSPS) is 14.3. The molecule has 314 valence electrons. The zero-order valence-corrected chi connectivity index (χ0v) is 37.8. The molecule has 0 saturated heterocycles. The van der Waals surface area contributed by atoms with Crippen LogP contribution in [0.15, 0.2) is 89.7 Å². The number of unbranched alkanes of at least 4 members (excludes halogenated alkanes) is 5. The first-order valence-corrected chi connectivity index (χ1v) is 22.1. The predicted octanol–water partition coefficient (Wildman–Crippen LogP) is 10.6. The molecule has 0 atom stereocenters. The fourth-order valence-electron chi connectivity index (χ4n) is 6.65. The van der Waals surface area contributed by atoms with Gasteiger partial charge in [0.1, 0.15) is 13.1 Å². The van der Waals surface area contributed by atoms with Gasteiger partial charge in [0.15, 0.2) is 29.0 Å². The molecule has 1 aromatic heterocycles. The van der Waals surface area contributed by atoms with Crippen LogP contribution in [0.3, 0.4) is 0 Å². The highest BCUT2D eigenvalue weighted by atomic mass is 35.6. The van der Waals surface area contributed by atoms with Gasteiger partial charge in [-0.3, -0.25) is 4.79 Å². The molecule has 2 aromatic carbocycles. The lowest BCUT2D eigenvalue weighted by molar-refractivity contribution is -0.527. The molecule has 0 fully saturated rings. The van der Waals surface area contributed by atoms with E-state index in [1.54, 1.807) is 24.3 Å². The molecule has 0 N–H and O–H groups in total. The molecule has 3 aromatic rings. The highest BCUT2D eigenvalue weighted by Gasteiger charge is 2.34. The van der Waals surface area contributed by atoms with Crippen molar-refractivity contribution in [1.29, 1.82) is 0 Å². The summed E-state index contributed by atoms with van der Waals surface area (Å²) in [4.78, 5) is 40.6. The molecular formula is C44H47Cl6N5O4. The number of anilines is 1. The van der Waals surface area contributed by atoms with Gasteiger partial charge in [0.05, 0.1) is 12.2 Å². The van der Waals surface area contributed by atoms with Crippen LogP contribution in [0.1, 0.15) is 99.7 Å². The average Bonchev–Trinajstić information content (AvgIpc) is 3.22. The number of halogens is 6. The fraction of sp³-hybridized carbons (Fsp3) is 0.409. The van der Waals surface area contributed by atoms with E-state index < -0.39 is 13.6 Å². The standard InChI is InChI=1S/C44H47Cl6N5O4/c1-4-7-25-55(26-8-5-2)34-23-19-30(20-24-34)36-37(56)35(38(36)57)29-17-21-33(22-18-29)54(6-3)27-11-9-10-12-28-59-40(58)32-15-13-31(14-16-32)39-51-41(43(45,46)47)53-42(52-39)44(48,49)50/h13-24H,4-12,25-28H2,1-3H3. The highest BCUT2D eigenvalue weighted by molar-refractivity contribution is 6.67. The van der Waals surface area contributed by atoms with Crippen molar-refractivity contribution < 1.29 is 24.0 Å². The number of ketones is 1. The Balaban J connectivity index is 1.07. The molecule has 0 aliphatic heterocycles. The molecule has 0 amide bonds. The zero-order valence-electron chi connectivity index (χ0n) is 33.3. The van der Waals surface area contributed by atoms with E-state index in [2.05, 4.69) is 45.2 Å². The van der Waals surface area contributed by atoms with Gasteiger partial charge in [0, 0.05) is 60.5 Å². The maximum Gasteiger partial charge on any atom is 0.338 e. The van der Waals surface area contributed by atoms with Gasteiger partial charge in [-0.1, -0.05) is 133 Å². The third-order valence-electron chi connectivity index (χ3n) is 9.97. The summed E-state index contributed by atoms with van der Waals surface area (Å²) < 4.78 is 3.91. The molecule has 0 radical (unpaired) electrons. The molecular weight excluding hydrogens is 875 g/mol. The Kier molecular flexibility index (Phi) is 16.9. The van der Waals surface area contributed by atoms with Gasteiger partial charge >= 0.3 is 5.97 Å². The number of ether oxygens (including phenoxy) is 1. The van der Waals surface area contributed by atoms with E-state index in [1.165, 1.54) is 0 Å². The third-order valence-corrected chi connectivity index (χ3v) is 11.0. The smallest absolute Gasteiger partial charge is 0.338 e. The Morgan fingerprint density at radius 1 is 0.712 bits per heavy atom. The molecule has 0 spiro atoms. The number of nitrogens with zero attached hydrogens (tertiary/aromatic N) is 5. The van der Waals surface area contributed by atoms with E-state index in [-0.39, 0.29) is 46.8 Å². The number of Topliss-reactive ketones (excluding diaryl/α,β-unsaturated/α-hetero) is 1. The van der Waals surface area contributed by atoms with Crippen molar-refractivity contribution in [3.63, 3.8) is 0 Å². The summed E-state index contributed by atoms with van der Waals surface area (Å²) in [5.74, 6) is -1.20. The van der Waals surface area contributed by atoms with E-state index >= 15 is 0 Å². The molecule has 0 saturated carbocycles. The number of allylic oxidation sites excluding steroid dienone is 7. The van der Waals surface area contributed by atoms with Gasteiger partial charge < -0.3 is 14.7 Å². The Bertz CT molecular complexity index is 2080. The number of carbonyl (C=O) groups excluding carboxylic acids is 2. The molecule has 2 aliphatic carbocycles. The lowest BCUT2D eigenvalue weighted by Crippen LogP contribution is -2.30. The first kappa shape index (κ1) is 46.6. The van der Waals surface area contributed by atoms with Gasteiger partial charge in [0.2, 0.25) is 7.59 Å². The number of benzene rings is 2. The number of alkyl halides is 6. The van der Waals surface area contributed by atoms with Crippen molar-refractivity contribution in [2.24, 2.45) is 0 Å². The Labute approximate surface area is 376 Å². The van der Waals surface area contributed by atoms with Crippen LogP contribution in [0.2, 0.25) is 0 Å². The first-order valence-electron chi connectivity index (χ1n) is 19.9. The van der Waals surface area contributed by atoms with E-state index in [4.69, 9.17) is 74.3 Å². The van der Waals surface area contributed by atoms with Crippen LogP contribution in [0.25, 0.3) is 17.0 Å². The molecule has 1 heterocycles. The van der Waals surface area contributed by atoms with Crippen LogP contribution in [-0.4, -0.2) is 69.8 Å². The van der Waals surface area contributed by atoms with Gasteiger partial charge in [-0.15, -0.1) is 0 Å². The summed E-state index contributed by atoms with van der Waals surface area (Å²) in [6, 6.07) is 14.0. The Hall–Kier alpha value is -3.44. The van der Waals surface area contributed by atoms with Crippen LogP contribution in [-0.2, 0) is 17.1 Å². The average molecular weight is 923 g/mol. The lowest BCUT2D eigenvalue weighted by Gasteiger charge is -2.32. The monoisotopic (exact) mass is 919 g/mol. The van der Waals surface area contributed by atoms with Gasteiger partial charge in [-0.25, -0.2) is 24.3 Å². The topological polar surface area (TPSA) is 111 Å². The van der Waals surface area contributed by atoms with Crippen molar-refractivity contribution in [1.82, 2.24) is 15.0 Å². The number of hydrogen-bond donors (Lipinski definition) is 0. The van der Waals surface area contributed by atoms with E-state index in [0.717, 1.165) is 88.9 Å². The second kappa shape index (κ2) is 21.4. The van der Waals surface area contributed by atoms with Gasteiger partial charge in [0.25, 0.3) is 0 Å². The second-order valence-corrected chi connectivity index (χ2v) is 18.8. The highest BCUT2D eigenvalue weighted by Crippen LogP contribution is 2.41. The van der Waals surface area contributed by atoms with E-state index in [0.29, 0.717) is 22.3 Å². The number of esters is 1. The van der Waals surface area contributed by atoms with Crippen LogP contribution in [0, 0.1) is 0 Å². The molecule has 0 bridgehead atoms. The maximum absolute atomic E-state index is 13.3. The fourth-order valence-corrected chi connectivity index (χ4v) is 7.16. The Morgan fingerprint density at radius 3 is 1.80 bits per heavy atom. The molecule has 5 rings (SSSR count). The van der Waals surface area contributed by atoms with Crippen molar-refractivity contribution >= 4 is 98.3 Å².